The third-order valence-corrected chi connectivity index (χ3v) is 5.95. The van der Waals surface area contributed by atoms with Crippen molar-refractivity contribution in [2.75, 3.05) is 51.2 Å². The number of hydrogen-bond acceptors (Lipinski definition) is 5. The number of aliphatic imine (C=N–C) groups is 1. The number of piperazine rings is 1. The van der Waals surface area contributed by atoms with Crippen molar-refractivity contribution < 1.29 is 0 Å². The number of fused-ring (bicyclic) bond motifs is 1. The number of anilines is 1. The van der Waals surface area contributed by atoms with E-state index in [0.717, 1.165) is 63.1 Å². The lowest BCUT2D eigenvalue weighted by molar-refractivity contribution is 0.253. The Balaban J connectivity index is 0.00000306. The van der Waals surface area contributed by atoms with Gasteiger partial charge in [0.15, 0.2) is 17.4 Å². The second-order valence-corrected chi connectivity index (χ2v) is 8.27. The van der Waals surface area contributed by atoms with Crippen LogP contribution in [-0.4, -0.2) is 71.8 Å². The number of rotatable bonds is 8. The summed E-state index contributed by atoms with van der Waals surface area (Å²) in [5.74, 6) is 1.66. The second-order valence-electron chi connectivity index (χ2n) is 8.27. The average molecular weight is 563 g/mol. The molecule has 1 aromatic carbocycles. The van der Waals surface area contributed by atoms with Gasteiger partial charge in [0, 0.05) is 51.7 Å². The lowest BCUT2D eigenvalue weighted by atomic mass is 10.2. The molecule has 0 unspecified atom stereocenters. The third kappa shape index (κ3) is 7.04. The molecule has 2 N–H and O–H groups in total. The molecule has 8 nitrogen and oxygen atoms in total. The van der Waals surface area contributed by atoms with Crippen LogP contribution in [0.1, 0.15) is 24.2 Å². The maximum atomic E-state index is 4.32. The summed E-state index contributed by atoms with van der Waals surface area (Å²) in [6.07, 6.45) is 4.28. The number of benzene rings is 1. The smallest absolute Gasteiger partial charge is 0.191 e. The van der Waals surface area contributed by atoms with Crippen molar-refractivity contribution in [1.29, 1.82) is 0 Å². The van der Waals surface area contributed by atoms with Gasteiger partial charge in [0.25, 0.3) is 0 Å². The number of aryl methyl sites for hydroxylation is 1. The first-order valence-corrected chi connectivity index (χ1v) is 11.5. The lowest BCUT2D eigenvalue weighted by Crippen LogP contribution is -2.46. The first-order valence-electron chi connectivity index (χ1n) is 11.5. The Bertz CT molecular complexity index is 1030. The number of guanidine groups is 1. The largest absolute Gasteiger partial charge is 0.369 e. The zero-order chi connectivity index (χ0) is 22.2. The van der Waals surface area contributed by atoms with Crippen molar-refractivity contribution in [3.8, 4) is 0 Å². The molecule has 0 aliphatic carbocycles. The highest BCUT2D eigenvalue weighted by Gasteiger charge is 2.16. The van der Waals surface area contributed by atoms with E-state index in [0.29, 0.717) is 6.54 Å². The van der Waals surface area contributed by atoms with Crippen LogP contribution in [0.5, 0.6) is 0 Å². The van der Waals surface area contributed by atoms with Crippen molar-refractivity contribution >= 4 is 41.3 Å². The number of unbranched alkanes of at least 4 members (excludes halogenated alkanes) is 1. The number of pyridine rings is 1. The number of nitrogens with zero attached hydrogens (tertiary/aromatic N) is 6. The summed E-state index contributed by atoms with van der Waals surface area (Å²) in [6, 6.07) is 14.7. The van der Waals surface area contributed by atoms with Gasteiger partial charge in [-0.3, -0.25) is 14.3 Å². The molecular weight excluding hydrogens is 527 g/mol. The van der Waals surface area contributed by atoms with Crippen molar-refractivity contribution in [1.82, 2.24) is 30.1 Å². The minimum absolute atomic E-state index is 0. The molecule has 0 spiro atoms. The van der Waals surface area contributed by atoms with Gasteiger partial charge in [-0.2, -0.15) is 0 Å². The van der Waals surface area contributed by atoms with E-state index in [1.165, 1.54) is 17.7 Å². The number of aromatic nitrogens is 3. The molecule has 1 aliphatic heterocycles. The lowest BCUT2D eigenvalue weighted by Gasteiger charge is -2.36. The van der Waals surface area contributed by atoms with Gasteiger partial charge in [0.05, 0.1) is 6.54 Å². The van der Waals surface area contributed by atoms with Crippen LogP contribution >= 0.6 is 24.0 Å². The monoisotopic (exact) mass is 562 g/mol. The summed E-state index contributed by atoms with van der Waals surface area (Å²) in [4.78, 5) is 9.40. The van der Waals surface area contributed by atoms with Crippen molar-refractivity contribution in [3.63, 3.8) is 0 Å². The van der Waals surface area contributed by atoms with Crippen LogP contribution < -0.4 is 15.5 Å². The van der Waals surface area contributed by atoms with Gasteiger partial charge in [-0.25, -0.2) is 0 Å². The fraction of sp³-hybridized carbons (Fsp3) is 0.458. The van der Waals surface area contributed by atoms with E-state index in [2.05, 4.69) is 66.8 Å². The van der Waals surface area contributed by atoms with Crippen LogP contribution in [0.2, 0.25) is 0 Å². The molecule has 0 amide bonds. The molecule has 0 radical (unpaired) electrons. The van der Waals surface area contributed by atoms with Crippen LogP contribution in [0.15, 0.2) is 53.7 Å². The highest BCUT2D eigenvalue weighted by atomic mass is 127. The summed E-state index contributed by atoms with van der Waals surface area (Å²) in [5, 5.41) is 15.2. The fourth-order valence-electron chi connectivity index (χ4n) is 4.12. The summed E-state index contributed by atoms with van der Waals surface area (Å²) in [7, 11) is 1.80. The summed E-state index contributed by atoms with van der Waals surface area (Å²) < 4.78 is 1.99. The predicted molar refractivity (Wildman–Crippen MR) is 146 cm³/mol. The normalized spacial score (nSPS) is 14.8. The van der Waals surface area contributed by atoms with E-state index in [4.69, 9.17) is 0 Å². The molecule has 1 aliphatic rings. The van der Waals surface area contributed by atoms with E-state index >= 15 is 0 Å². The number of halogens is 1. The molecule has 9 heteroatoms. The number of hydrogen-bond donors (Lipinski definition) is 2. The van der Waals surface area contributed by atoms with Crippen molar-refractivity contribution in [2.45, 2.75) is 26.3 Å². The Morgan fingerprint density at radius 2 is 1.85 bits per heavy atom. The van der Waals surface area contributed by atoms with E-state index < -0.39 is 0 Å². The van der Waals surface area contributed by atoms with E-state index in [1.54, 1.807) is 7.05 Å². The van der Waals surface area contributed by atoms with Gasteiger partial charge in [-0.1, -0.05) is 18.2 Å². The number of nitrogens with one attached hydrogen (secondary N) is 2. The minimum atomic E-state index is 0. The summed E-state index contributed by atoms with van der Waals surface area (Å²) in [5.41, 5.74) is 3.54. The van der Waals surface area contributed by atoms with Crippen LogP contribution in [0.25, 0.3) is 5.65 Å². The molecule has 178 valence electrons. The molecule has 3 aromatic rings. The Morgan fingerprint density at radius 1 is 1.00 bits per heavy atom. The zero-order valence-electron chi connectivity index (χ0n) is 19.6. The molecule has 4 rings (SSSR count). The third-order valence-electron chi connectivity index (χ3n) is 5.95. The molecule has 2 aromatic heterocycles. The van der Waals surface area contributed by atoms with E-state index in [-0.39, 0.29) is 24.0 Å². The van der Waals surface area contributed by atoms with Gasteiger partial charge in [-0.15, -0.1) is 34.2 Å². The van der Waals surface area contributed by atoms with Gasteiger partial charge < -0.3 is 15.5 Å². The van der Waals surface area contributed by atoms with Gasteiger partial charge >= 0.3 is 0 Å². The Labute approximate surface area is 213 Å². The quantitative estimate of drug-likeness (QED) is 0.191. The highest BCUT2D eigenvalue weighted by Crippen LogP contribution is 2.17. The fourth-order valence-corrected chi connectivity index (χ4v) is 4.12. The van der Waals surface area contributed by atoms with Gasteiger partial charge in [0.1, 0.15) is 0 Å². The SMILES string of the molecule is CN=C(NCCCCN1CCN(c2cccc(C)c2)CC1)NCc1nnc2ccccn12.I. The molecule has 0 saturated carbocycles. The maximum Gasteiger partial charge on any atom is 0.191 e. The first kappa shape index (κ1) is 25.2. The van der Waals surface area contributed by atoms with E-state index in [1.807, 2.05) is 28.8 Å². The Morgan fingerprint density at radius 3 is 2.64 bits per heavy atom. The highest BCUT2D eigenvalue weighted by molar-refractivity contribution is 14.0. The van der Waals surface area contributed by atoms with Gasteiger partial charge in [-0.05, 0) is 56.1 Å². The second kappa shape index (κ2) is 12.7. The van der Waals surface area contributed by atoms with Crippen LogP contribution in [-0.2, 0) is 6.54 Å². The standard InChI is InChI=1S/C24H34N8.HI/c1-20-8-7-9-21(18-20)31-16-14-30(15-17-31)12-6-4-11-26-24(25-2)27-19-23-29-28-22-10-3-5-13-32(22)23;/h3,5,7-10,13,18H,4,6,11-12,14-17,19H2,1-2H3,(H2,25,26,27);1H. The zero-order valence-corrected chi connectivity index (χ0v) is 21.9. The first-order chi connectivity index (χ1) is 15.7. The van der Waals surface area contributed by atoms with Crippen LogP contribution in [0.3, 0.4) is 0 Å². The Hall–Kier alpha value is -2.40. The minimum Gasteiger partial charge on any atom is -0.369 e. The predicted octanol–water partition coefficient (Wildman–Crippen LogP) is 2.92. The molecule has 0 atom stereocenters. The molecule has 33 heavy (non-hydrogen) atoms. The molecule has 1 fully saturated rings. The molecular formula is C24H35IN8. The molecule has 0 bridgehead atoms. The van der Waals surface area contributed by atoms with Crippen LogP contribution in [0, 0.1) is 6.92 Å². The maximum absolute atomic E-state index is 4.32. The molecule has 1 saturated heterocycles. The topological polar surface area (TPSA) is 73.1 Å². The molecule has 3 heterocycles. The van der Waals surface area contributed by atoms with E-state index in [9.17, 15) is 0 Å². The summed E-state index contributed by atoms with van der Waals surface area (Å²) >= 11 is 0. The van der Waals surface area contributed by atoms with Crippen molar-refractivity contribution in [3.05, 3.63) is 60.0 Å². The van der Waals surface area contributed by atoms with Gasteiger partial charge in [0.2, 0.25) is 0 Å². The average Bonchev–Trinajstić information content (AvgIpc) is 3.24. The van der Waals surface area contributed by atoms with Crippen LogP contribution in [0.4, 0.5) is 5.69 Å². The summed E-state index contributed by atoms with van der Waals surface area (Å²) in [6.45, 7) is 9.29. The van der Waals surface area contributed by atoms with Crippen molar-refractivity contribution in [2.24, 2.45) is 4.99 Å². The Kier molecular flexibility index (Phi) is 9.74.